The minimum Gasteiger partial charge on any atom is -0.497 e. The topological polar surface area (TPSA) is 101 Å². The van der Waals surface area contributed by atoms with Crippen molar-refractivity contribution >= 4 is 46.8 Å². The van der Waals surface area contributed by atoms with E-state index >= 15 is 0 Å². The van der Waals surface area contributed by atoms with E-state index in [0.29, 0.717) is 46.0 Å². The minimum absolute atomic E-state index is 0.0328. The Morgan fingerprint density at radius 1 is 0.863 bits per heavy atom. The van der Waals surface area contributed by atoms with Crippen LogP contribution in [0.5, 0.6) is 11.5 Å². The molecule has 1 saturated heterocycles. The first-order chi connectivity index (χ1) is 24.1. The lowest BCUT2D eigenvalue weighted by Gasteiger charge is -2.39. The molecule has 1 fully saturated rings. The third-order valence-electron chi connectivity index (χ3n) is 9.29. The van der Waals surface area contributed by atoms with E-state index in [1.807, 2.05) is 65.0 Å². The van der Waals surface area contributed by atoms with Crippen LogP contribution in [-0.4, -0.2) is 90.9 Å². The second-order valence-electron chi connectivity index (χ2n) is 14.4. The summed E-state index contributed by atoms with van der Waals surface area (Å²) >= 11 is 12.6. The lowest BCUT2D eigenvalue weighted by Crippen LogP contribution is -2.57. The number of ether oxygens (including phenoxy) is 3. The molecule has 10 nitrogen and oxygen atoms in total. The maximum Gasteiger partial charge on any atom is 0.326 e. The molecule has 0 aliphatic carbocycles. The Hall–Kier alpha value is -4.12. The number of ketones is 1. The number of benzene rings is 3. The summed E-state index contributed by atoms with van der Waals surface area (Å²) in [7, 11) is 3.11. The molecule has 2 aliphatic heterocycles. The maximum absolute atomic E-state index is 14.8. The minimum atomic E-state index is -0.681. The number of halogens is 2. The zero-order valence-electron chi connectivity index (χ0n) is 30.2. The van der Waals surface area contributed by atoms with Crippen molar-refractivity contribution < 1.29 is 28.6 Å². The number of amides is 3. The largest absolute Gasteiger partial charge is 0.497 e. The van der Waals surface area contributed by atoms with E-state index in [1.54, 1.807) is 55.5 Å². The molecule has 3 aromatic carbocycles. The van der Waals surface area contributed by atoms with Gasteiger partial charge in [-0.25, -0.2) is 4.79 Å². The van der Waals surface area contributed by atoms with Gasteiger partial charge in [-0.2, -0.15) is 0 Å². The van der Waals surface area contributed by atoms with Gasteiger partial charge in [0.05, 0.1) is 38.0 Å². The molecule has 5 rings (SSSR count). The molecule has 3 aromatic rings. The Bertz CT molecular complexity index is 1770. The van der Waals surface area contributed by atoms with Crippen molar-refractivity contribution in [1.29, 1.82) is 0 Å². The molecule has 0 bridgehead atoms. The molecule has 0 spiro atoms. The van der Waals surface area contributed by atoms with Crippen LogP contribution < -0.4 is 9.47 Å². The van der Waals surface area contributed by atoms with E-state index < -0.39 is 23.5 Å². The van der Waals surface area contributed by atoms with Gasteiger partial charge >= 0.3 is 6.03 Å². The van der Waals surface area contributed by atoms with Gasteiger partial charge in [-0.15, -0.1) is 0 Å². The number of carbonyl (C=O) groups excluding carboxylic acids is 3. The summed E-state index contributed by atoms with van der Waals surface area (Å²) < 4.78 is 17.1. The molecule has 0 radical (unpaired) electrons. The van der Waals surface area contributed by atoms with Gasteiger partial charge in [-0.1, -0.05) is 61.3 Å². The second kappa shape index (κ2) is 15.6. The highest BCUT2D eigenvalue weighted by Crippen LogP contribution is 2.46. The number of aliphatic imine (C=N–C) groups is 1. The van der Waals surface area contributed by atoms with Gasteiger partial charge < -0.3 is 24.0 Å². The standard InChI is InChI=1S/C39H46Cl2N4O6/c1-38(2,3)51-21-18-39(4,5)32(46)23-43-19-20-44(24-33(43)47)37(48)45-35(26-10-14-28(41)15-11-26)34(25-8-12-27(40)13-9-25)42-36(45)30-17-16-29(49-6)22-31(30)50-7/h8-17,22,34-35H,18-21,23-24H2,1-7H3. The lowest BCUT2D eigenvalue weighted by atomic mass is 9.84. The van der Waals surface area contributed by atoms with E-state index in [1.165, 1.54) is 9.80 Å². The number of amidine groups is 1. The third-order valence-corrected chi connectivity index (χ3v) is 9.79. The molecule has 2 unspecified atom stereocenters. The van der Waals surface area contributed by atoms with Crippen molar-refractivity contribution in [3.8, 4) is 11.5 Å². The summed E-state index contributed by atoms with van der Waals surface area (Å²) in [6.45, 7) is 10.3. The number of Topliss-reactive ketones (excluding diaryl/α,β-unsaturated/α-hetero) is 1. The number of methoxy groups -OCH3 is 2. The number of hydrogen-bond acceptors (Lipinski definition) is 7. The van der Waals surface area contributed by atoms with Gasteiger partial charge in [-0.05, 0) is 74.7 Å². The van der Waals surface area contributed by atoms with E-state index in [9.17, 15) is 14.4 Å². The van der Waals surface area contributed by atoms with Gasteiger partial charge in [0.1, 0.15) is 29.9 Å². The smallest absolute Gasteiger partial charge is 0.326 e. The van der Waals surface area contributed by atoms with Gasteiger partial charge in [0.2, 0.25) is 5.91 Å². The molecule has 0 saturated carbocycles. The van der Waals surface area contributed by atoms with Gasteiger partial charge in [-0.3, -0.25) is 19.5 Å². The highest BCUT2D eigenvalue weighted by molar-refractivity contribution is 6.30. The Morgan fingerprint density at radius 3 is 2.06 bits per heavy atom. The lowest BCUT2D eigenvalue weighted by molar-refractivity contribution is -0.141. The normalized spacial score (nSPS) is 18.2. The van der Waals surface area contributed by atoms with E-state index in [2.05, 4.69) is 0 Å². The van der Waals surface area contributed by atoms with Crippen molar-refractivity contribution in [1.82, 2.24) is 14.7 Å². The second-order valence-corrected chi connectivity index (χ2v) is 15.3. The van der Waals surface area contributed by atoms with Gasteiger partial charge in [0, 0.05) is 41.2 Å². The van der Waals surface area contributed by atoms with Gasteiger partial charge in [0.15, 0.2) is 5.78 Å². The summed E-state index contributed by atoms with van der Waals surface area (Å²) in [5.41, 5.74) is 1.23. The van der Waals surface area contributed by atoms with Crippen molar-refractivity contribution in [3.63, 3.8) is 0 Å². The highest BCUT2D eigenvalue weighted by Gasteiger charge is 2.46. The van der Waals surface area contributed by atoms with Crippen LogP contribution in [0.4, 0.5) is 4.79 Å². The van der Waals surface area contributed by atoms with Crippen molar-refractivity contribution in [3.05, 3.63) is 93.5 Å². The average molecular weight is 738 g/mol. The summed E-state index contributed by atoms with van der Waals surface area (Å²) in [5.74, 6) is 1.07. The highest BCUT2D eigenvalue weighted by atomic mass is 35.5. The summed E-state index contributed by atoms with van der Waals surface area (Å²) in [6, 6.07) is 18.5. The van der Waals surface area contributed by atoms with Crippen LogP contribution >= 0.6 is 23.2 Å². The Morgan fingerprint density at radius 2 is 1.49 bits per heavy atom. The SMILES string of the molecule is COc1ccc(C2=NC(c3ccc(Cl)cc3)C(c3ccc(Cl)cc3)N2C(=O)N2CCN(CC(=O)C(C)(C)CCOC(C)(C)C)C(=O)C2)c(OC)c1. The number of urea groups is 1. The average Bonchev–Trinajstić information content (AvgIpc) is 3.48. The number of piperazine rings is 1. The van der Waals surface area contributed by atoms with Crippen molar-refractivity contribution in [2.45, 2.75) is 58.7 Å². The first-order valence-electron chi connectivity index (χ1n) is 17.0. The number of rotatable bonds is 11. The zero-order chi connectivity index (χ0) is 37.1. The van der Waals surface area contributed by atoms with Crippen LogP contribution in [0.15, 0.2) is 71.7 Å². The zero-order valence-corrected chi connectivity index (χ0v) is 31.8. The molecule has 2 heterocycles. The number of hydrogen-bond donors (Lipinski definition) is 0. The quantitative estimate of drug-likeness (QED) is 0.201. The third kappa shape index (κ3) is 8.86. The molecular formula is C39H46Cl2N4O6. The van der Waals surface area contributed by atoms with Crippen LogP contribution in [0, 0.1) is 5.41 Å². The summed E-state index contributed by atoms with van der Waals surface area (Å²) in [6.07, 6.45) is 0.530. The Labute approximate surface area is 310 Å². The number of nitrogens with zero attached hydrogens (tertiary/aromatic N) is 4. The first kappa shape index (κ1) is 38.1. The fraction of sp³-hybridized carbons (Fsp3) is 0.436. The summed E-state index contributed by atoms with van der Waals surface area (Å²) in [4.78, 5) is 51.7. The molecule has 12 heteroatoms. The molecule has 2 aliphatic rings. The van der Waals surface area contributed by atoms with Crippen LogP contribution in [0.2, 0.25) is 10.0 Å². The molecular weight excluding hydrogens is 691 g/mol. The van der Waals surface area contributed by atoms with Crippen molar-refractivity contribution in [2.75, 3.05) is 47.0 Å². The first-order valence-corrected chi connectivity index (χ1v) is 17.7. The van der Waals surface area contributed by atoms with E-state index in [-0.39, 0.29) is 43.5 Å². The molecule has 2 atom stereocenters. The molecule has 272 valence electrons. The Kier molecular flexibility index (Phi) is 11.7. The van der Waals surface area contributed by atoms with Crippen molar-refractivity contribution in [2.24, 2.45) is 10.4 Å². The van der Waals surface area contributed by atoms with Crippen LogP contribution in [-0.2, 0) is 14.3 Å². The van der Waals surface area contributed by atoms with Crippen LogP contribution in [0.1, 0.15) is 69.8 Å². The molecule has 0 aromatic heterocycles. The van der Waals surface area contributed by atoms with Crippen LogP contribution in [0.25, 0.3) is 0 Å². The maximum atomic E-state index is 14.8. The van der Waals surface area contributed by atoms with E-state index in [0.717, 1.165) is 11.1 Å². The van der Waals surface area contributed by atoms with Gasteiger partial charge in [0.25, 0.3) is 0 Å². The Balaban J connectivity index is 1.46. The van der Waals surface area contributed by atoms with Crippen LogP contribution in [0.3, 0.4) is 0 Å². The molecule has 3 amide bonds. The summed E-state index contributed by atoms with van der Waals surface area (Å²) in [5, 5.41) is 1.13. The molecule has 51 heavy (non-hydrogen) atoms. The fourth-order valence-electron chi connectivity index (χ4n) is 6.17. The number of carbonyl (C=O) groups is 3. The fourth-order valence-corrected chi connectivity index (χ4v) is 6.42. The monoisotopic (exact) mass is 736 g/mol. The van der Waals surface area contributed by atoms with E-state index in [4.69, 9.17) is 42.4 Å². The molecule has 0 N–H and O–H groups in total. The predicted molar refractivity (Wildman–Crippen MR) is 199 cm³/mol. The predicted octanol–water partition coefficient (Wildman–Crippen LogP) is 7.62.